The number of halogens is 1. The van der Waals surface area contributed by atoms with Gasteiger partial charge >= 0.3 is 0 Å². The topological polar surface area (TPSA) is 69.7 Å². The van der Waals surface area contributed by atoms with Gasteiger partial charge in [0.2, 0.25) is 0 Å². The number of rotatable bonds is 4. The number of benzene rings is 2. The van der Waals surface area contributed by atoms with Crippen LogP contribution in [0.1, 0.15) is 35.2 Å². The number of imide groups is 1. The number of carbonyl (C=O) groups excluding carboxylic acids is 3. The number of piperidine rings is 1. The fraction of sp³-hybridized carbons (Fsp3) is 0.261. The molecule has 1 fully saturated rings. The molecule has 3 amide bonds. The highest BCUT2D eigenvalue weighted by Crippen LogP contribution is 2.30. The van der Waals surface area contributed by atoms with Crippen LogP contribution in [0.3, 0.4) is 0 Å². The van der Waals surface area contributed by atoms with E-state index in [1.54, 1.807) is 36.4 Å². The second-order valence-electron chi connectivity index (χ2n) is 7.53. The van der Waals surface area contributed by atoms with Gasteiger partial charge in [-0.1, -0.05) is 29.3 Å². The summed E-state index contributed by atoms with van der Waals surface area (Å²) >= 11 is 6.18. The average molecular weight is 424 g/mol. The first-order valence-corrected chi connectivity index (χ1v) is 10.3. The van der Waals surface area contributed by atoms with Crippen LogP contribution in [0.4, 0.5) is 11.4 Å². The van der Waals surface area contributed by atoms with Crippen molar-refractivity contribution in [1.29, 1.82) is 0 Å². The van der Waals surface area contributed by atoms with Crippen LogP contribution in [0.25, 0.3) is 0 Å². The van der Waals surface area contributed by atoms with E-state index >= 15 is 0 Å². The molecule has 2 aliphatic heterocycles. The molecule has 2 aliphatic rings. The van der Waals surface area contributed by atoms with Crippen molar-refractivity contribution in [2.45, 2.75) is 26.2 Å². The van der Waals surface area contributed by atoms with E-state index in [9.17, 15) is 14.4 Å². The molecule has 1 saturated heterocycles. The SMILES string of the molecule is Cc1ccc(N2C(=O)C(Cl)=C(Nc3ccc(C(=O)N4CCCCC4)cc3)C2=O)cc1. The van der Waals surface area contributed by atoms with Crippen molar-refractivity contribution in [2.24, 2.45) is 0 Å². The molecule has 6 nitrogen and oxygen atoms in total. The van der Waals surface area contributed by atoms with Gasteiger partial charge < -0.3 is 10.2 Å². The van der Waals surface area contributed by atoms with E-state index in [1.165, 1.54) is 0 Å². The van der Waals surface area contributed by atoms with Crippen molar-refractivity contribution >= 4 is 40.7 Å². The van der Waals surface area contributed by atoms with Crippen molar-refractivity contribution in [1.82, 2.24) is 4.90 Å². The van der Waals surface area contributed by atoms with Crippen molar-refractivity contribution in [2.75, 3.05) is 23.3 Å². The Balaban J connectivity index is 1.49. The molecule has 0 radical (unpaired) electrons. The number of amides is 3. The zero-order valence-corrected chi connectivity index (χ0v) is 17.4. The van der Waals surface area contributed by atoms with Crippen LogP contribution >= 0.6 is 11.6 Å². The first kappa shape index (κ1) is 20.2. The van der Waals surface area contributed by atoms with Crippen molar-refractivity contribution in [3.63, 3.8) is 0 Å². The molecule has 2 aromatic rings. The zero-order chi connectivity index (χ0) is 21.3. The molecule has 0 aromatic heterocycles. The van der Waals surface area contributed by atoms with Crippen LogP contribution in [-0.2, 0) is 9.59 Å². The quantitative estimate of drug-likeness (QED) is 0.753. The van der Waals surface area contributed by atoms with Gasteiger partial charge in [0.15, 0.2) is 0 Å². The molecule has 0 spiro atoms. The predicted octanol–water partition coefficient (Wildman–Crippen LogP) is 4.06. The molecular formula is C23H22ClN3O3. The molecule has 4 rings (SSSR count). The molecule has 0 unspecified atom stereocenters. The van der Waals surface area contributed by atoms with Gasteiger partial charge in [-0.15, -0.1) is 0 Å². The highest BCUT2D eigenvalue weighted by Gasteiger charge is 2.38. The lowest BCUT2D eigenvalue weighted by Gasteiger charge is -2.26. The van der Waals surface area contributed by atoms with Gasteiger partial charge in [0.1, 0.15) is 10.7 Å². The Morgan fingerprint density at radius 3 is 2.17 bits per heavy atom. The lowest BCUT2D eigenvalue weighted by atomic mass is 10.1. The summed E-state index contributed by atoms with van der Waals surface area (Å²) in [6, 6.07) is 13.9. The van der Waals surface area contributed by atoms with Gasteiger partial charge in [-0.2, -0.15) is 0 Å². The summed E-state index contributed by atoms with van der Waals surface area (Å²) in [6.45, 7) is 3.49. The molecule has 0 bridgehead atoms. The van der Waals surface area contributed by atoms with Crippen molar-refractivity contribution in [3.8, 4) is 0 Å². The molecule has 30 heavy (non-hydrogen) atoms. The van der Waals surface area contributed by atoms with Gasteiger partial charge in [0.25, 0.3) is 17.7 Å². The van der Waals surface area contributed by atoms with E-state index in [-0.39, 0.29) is 16.6 Å². The molecule has 7 heteroatoms. The molecule has 154 valence electrons. The van der Waals surface area contributed by atoms with Gasteiger partial charge in [-0.25, -0.2) is 4.90 Å². The van der Waals surface area contributed by atoms with Crippen LogP contribution in [-0.4, -0.2) is 35.7 Å². The number of aryl methyl sites for hydroxylation is 1. The van der Waals surface area contributed by atoms with Crippen LogP contribution in [0.2, 0.25) is 0 Å². The smallest absolute Gasteiger partial charge is 0.283 e. The number of nitrogens with zero attached hydrogens (tertiary/aromatic N) is 2. The maximum atomic E-state index is 12.8. The molecule has 0 saturated carbocycles. The Morgan fingerprint density at radius 1 is 0.900 bits per heavy atom. The largest absolute Gasteiger partial charge is 0.350 e. The van der Waals surface area contributed by atoms with Crippen LogP contribution in [0.5, 0.6) is 0 Å². The molecular weight excluding hydrogens is 402 g/mol. The lowest BCUT2D eigenvalue weighted by molar-refractivity contribution is -0.120. The Kier molecular flexibility index (Phi) is 5.59. The fourth-order valence-electron chi connectivity index (χ4n) is 3.66. The normalized spacial score (nSPS) is 17.0. The predicted molar refractivity (Wildman–Crippen MR) is 116 cm³/mol. The minimum atomic E-state index is -0.565. The lowest BCUT2D eigenvalue weighted by Crippen LogP contribution is -2.35. The highest BCUT2D eigenvalue weighted by atomic mass is 35.5. The highest BCUT2D eigenvalue weighted by molar-refractivity contribution is 6.53. The first-order chi connectivity index (χ1) is 14.5. The second-order valence-corrected chi connectivity index (χ2v) is 7.90. The maximum Gasteiger partial charge on any atom is 0.283 e. The maximum absolute atomic E-state index is 12.8. The molecule has 0 atom stereocenters. The van der Waals surface area contributed by atoms with Crippen LogP contribution < -0.4 is 10.2 Å². The number of hydrogen-bond acceptors (Lipinski definition) is 4. The second kappa shape index (κ2) is 8.32. The molecule has 2 heterocycles. The molecule has 1 N–H and O–H groups in total. The summed E-state index contributed by atoms with van der Waals surface area (Å²) in [5.74, 6) is -1.07. The van der Waals surface area contributed by atoms with Crippen LogP contribution in [0, 0.1) is 6.92 Å². The number of nitrogens with one attached hydrogen (secondary N) is 1. The number of hydrogen-bond donors (Lipinski definition) is 1. The Hall–Kier alpha value is -3.12. The van der Waals surface area contributed by atoms with E-state index in [2.05, 4.69) is 5.32 Å². The average Bonchev–Trinajstić information content (AvgIpc) is 2.98. The third-order valence-corrected chi connectivity index (χ3v) is 5.71. The summed E-state index contributed by atoms with van der Waals surface area (Å²) in [4.78, 5) is 40.9. The summed E-state index contributed by atoms with van der Waals surface area (Å²) in [6.07, 6.45) is 3.23. The minimum absolute atomic E-state index is 0.0103. The Labute approximate surface area is 180 Å². The minimum Gasteiger partial charge on any atom is -0.350 e. The summed E-state index contributed by atoms with van der Waals surface area (Å²) in [5, 5.41) is 2.78. The van der Waals surface area contributed by atoms with E-state index in [1.807, 2.05) is 24.0 Å². The third kappa shape index (κ3) is 3.83. The Morgan fingerprint density at radius 2 is 1.53 bits per heavy atom. The van der Waals surface area contributed by atoms with E-state index < -0.39 is 11.8 Å². The number of likely N-dealkylation sites (tertiary alicyclic amines) is 1. The van der Waals surface area contributed by atoms with Gasteiger partial charge in [-0.05, 0) is 62.6 Å². The standard InChI is InChI=1S/C23H22ClN3O3/c1-15-5-11-18(12-6-15)27-22(29)19(24)20(23(27)30)25-17-9-7-16(8-10-17)21(28)26-13-3-2-4-14-26/h5-12,25H,2-4,13-14H2,1H3. The number of anilines is 2. The first-order valence-electron chi connectivity index (χ1n) is 9.97. The van der Waals surface area contributed by atoms with Gasteiger partial charge in [0, 0.05) is 24.3 Å². The summed E-state index contributed by atoms with van der Waals surface area (Å²) in [7, 11) is 0. The third-order valence-electron chi connectivity index (χ3n) is 5.36. The van der Waals surface area contributed by atoms with Crippen LogP contribution in [0.15, 0.2) is 59.3 Å². The fourth-order valence-corrected chi connectivity index (χ4v) is 3.87. The Bertz CT molecular complexity index is 1020. The molecule has 2 aromatic carbocycles. The van der Waals surface area contributed by atoms with E-state index in [0.29, 0.717) is 16.9 Å². The zero-order valence-electron chi connectivity index (χ0n) is 16.7. The summed E-state index contributed by atoms with van der Waals surface area (Å²) < 4.78 is 0. The summed E-state index contributed by atoms with van der Waals surface area (Å²) in [5.41, 5.74) is 2.68. The van der Waals surface area contributed by atoms with Crippen molar-refractivity contribution < 1.29 is 14.4 Å². The van der Waals surface area contributed by atoms with Crippen molar-refractivity contribution in [3.05, 3.63) is 70.4 Å². The van der Waals surface area contributed by atoms with Gasteiger partial charge in [0.05, 0.1) is 5.69 Å². The van der Waals surface area contributed by atoms with E-state index in [4.69, 9.17) is 11.6 Å². The number of carbonyl (C=O) groups is 3. The van der Waals surface area contributed by atoms with Gasteiger partial charge in [-0.3, -0.25) is 14.4 Å². The van der Waals surface area contributed by atoms with E-state index in [0.717, 1.165) is 42.8 Å². The molecule has 0 aliphatic carbocycles. The monoisotopic (exact) mass is 423 g/mol.